The van der Waals surface area contributed by atoms with Crippen LogP contribution in [-0.2, 0) is 6.42 Å². The standard InChI is InChI=1S/C28H49N/c1-4-6-8-9-10-12-22-29-28-21-20-27(24(3)23-28)19-18-26-16-14-25(15-17-26)13-11-7-5-2/h20-21,23,25-26,29H,4-19,22H2,1-3H3. The molecule has 2 rings (SSSR count). The van der Waals surface area contributed by atoms with Crippen LogP contribution in [0.4, 0.5) is 5.69 Å². The number of unbranched alkanes of at least 4 members (excludes halogenated alkanes) is 7. The van der Waals surface area contributed by atoms with Crippen molar-refractivity contribution in [3.05, 3.63) is 29.3 Å². The second kappa shape index (κ2) is 14.9. The molecular weight excluding hydrogens is 350 g/mol. The van der Waals surface area contributed by atoms with Crippen molar-refractivity contribution in [1.29, 1.82) is 0 Å². The summed E-state index contributed by atoms with van der Waals surface area (Å²) in [5.74, 6) is 2.01. The summed E-state index contributed by atoms with van der Waals surface area (Å²) in [5, 5.41) is 3.63. The van der Waals surface area contributed by atoms with Crippen molar-refractivity contribution in [2.24, 2.45) is 11.8 Å². The Morgan fingerprint density at radius 1 is 0.759 bits per heavy atom. The molecule has 0 aromatic heterocycles. The van der Waals surface area contributed by atoms with E-state index in [1.807, 2.05) is 0 Å². The first kappa shape index (κ1) is 24.3. The molecule has 0 unspecified atom stereocenters. The monoisotopic (exact) mass is 399 g/mol. The van der Waals surface area contributed by atoms with Crippen LogP contribution in [0.5, 0.6) is 0 Å². The second-order valence-corrected chi connectivity index (χ2v) is 9.76. The fourth-order valence-corrected chi connectivity index (χ4v) is 5.08. The number of benzene rings is 1. The average Bonchev–Trinajstić information content (AvgIpc) is 2.73. The first-order valence-electron chi connectivity index (χ1n) is 13.1. The topological polar surface area (TPSA) is 12.0 Å². The number of anilines is 1. The molecule has 1 aromatic carbocycles. The molecule has 0 atom stereocenters. The highest BCUT2D eigenvalue weighted by Gasteiger charge is 2.20. The molecule has 0 radical (unpaired) electrons. The van der Waals surface area contributed by atoms with Gasteiger partial charge in [0.25, 0.3) is 0 Å². The van der Waals surface area contributed by atoms with E-state index < -0.39 is 0 Å². The van der Waals surface area contributed by atoms with Gasteiger partial charge in [-0.2, -0.15) is 0 Å². The summed E-state index contributed by atoms with van der Waals surface area (Å²) in [6.45, 7) is 8.02. The van der Waals surface area contributed by atoms with Crippen LogP contribution < -0.4 is 5.32 Å². The lowest BCUT2D eigenvalue weighted by Gasteiger charge is -2.28. The van der Waals surface area contributed by atoms with Crippen LogP contribution in [0.15, 0.2) is 18.2 Å². The van der Waals surface area contributed by atoms with Crippen LogP contribution in [0.25, 0.3) is 0 Å². The highest BCUT2D eigenvalue weighted by Crippen LogP contribution is 2.34. The van der Waals surface area contributed by atoms with Crippen molar-refractivity contribution in [2.45, 2.75) is 124 Å². The number of nitrogens with one attached hydrogen (secondary N) is 1. The third-order valence-electron chi connectivity index (χ3n) is 7.21. The highest BCUT2D eigenvalue weighted by atomic mass is 14.9. The van der Waals surface area contributed by atoms with Crippen molar-refractivity contribution in [2.75, 3.05) is 11.9 Å². The smallest absolute Gasteiger partial charge is 0.0343 e. The first-order valence-corrected chi connectivity index (χ1v) is 13.1. The predicted molar refractivity (Wildman–Crippen MR) is 131 cm³/mol. The summed E-state index contributed by atoms with van der Waals surface area (Å²) < 4.78 is 0. The number of hydrogen-bond donors (Lipinski definition) is 1. The Morgan fingerprint density at radius 2 is 1.38 bits per heavy atom. The van der Waals surface area contributed by atoms with Gasteiger partial charge in [-0.05, 0) is 61.3 Å². The Balaban J connectivity index is 1.61. The molecule has 1 nitrogen and oxygen atoms in total. The molecule has 1 aliphatic rings. The molecule has 0 saturated heterocycles. The van der Waals surface area contributed by atoms with Gasteiger partial charge in [-0.3, -0.25) is 0 Å². The van der Waals surface area contributed by atoms with E-state index in [9.17, 15) is 0 Å². The Bertz CT molecular complexity index is 527. The molecule has 1 aliphatic carbocycles. The molecule has 1 saturated carbocycles. The molecule has 0 spiro atoms. The maximum atomic E-state index is 3.63. The number of rotatable bonds is 15. The van der Waals surface area contributed by atoms with Crippen molar-refractivity contribution < 1.29 is 0 Å². The molecule has 1 aromatic rings. The summed E-state index contributed by atoms with van der Waals surface area (Å²) in [6, 6.07) is 7.07. The molecule has 0 bridgehead atoms. The van der Waals surface area contributed by atoms with Crippen LogP contribution in [0.3, 0.4) is 0 Å². The lowest BCUT2D eigenvalue weighted by molar-refractivity contribution is 0.249. The van der Waals surface area contributed by atoms with Gasteiger partial charge in [0.2, 0.25) is 0 Å². The van der Waals surface area contributed by atoms with Gasteiger partial charge < -0.3 is 5.32 Å². The SMILES string of the molecule is CCCCCCCCNc1ccc(CCC2CCC(CCCCC)CC2)c(C)c1. The fraction of sp³-hybridized carbons (Fsp3) is 0.786. The second-order valence-electron chi connectivity index (χ2n) is 9.76. The van der Waals surface area contributed by atoms with Crippen LogP contribution in [0.2, 0.25) is 0 Å². The normalized spacial score (nSPS) is 19.4. The van der Waals surface area contributed by atoms with Gasteiger partial charge in [-0.25, -0.2) is 0 Å². The molecule has 29 heavy (non-hydrogen) atoms. The van der Waals surface area contributed by atoms with Crippen molar-refractivity contribution in [3.8, 4) is 0 Å². The van der Waals surface area contributed by atoms with Gasteiger partial charge in [-0.1, -0.05) is 103 Å². The third kappa shape index (κ3) is 10.1. The third-order valence-corrected chi connectivity index (χ3v) is 7.21. The molecule has 1 N–H and O–H groups in total. The van der Waals surface area contributed by atoms with Crippen molar-refractivity contribution in [3.63, 3.8) is 0 Å². The quantitative estimate of drug-likeness (QED) is 0.290. The maximum absolute atomic E-state index is 3.63. The molecule has 166 valence electrons. The van der Waals surface area contributed by atoms with Crippen molar-refractivity contribution >= 4 is 5.69 Å². The fourth-order valence-electron chi connectivity index (χ4n) is 5.08. The van der Waals surface area contributed by atoms with Gasteiger partial charge >= 0.3 is 0 Å². The Hall–Kier alpha value is -0.980. The molecule has 0 amide bonds. The molecular formula is C28H49N. The predicted octanol–water partition coefficient (Wildman–Crippen LogP) is 9.09. The summed E-state index contributed by atoms with van der Waals surface area (Å²) in [5.41, 5.74) is 4.36. The summed E-state index contributed by atoms with van der Waals surface area (Å²) in [4.78, 5) is 0. The van der Waals surface area contributed by atoms with Gasteiger partial charge in [-0.15, -0.1) is 0 Å². The van der Waals surface area contributed by atoms with E-state index in [1.165, 1.54) is 114 Å². The zero-order valence-electron chi connectivity index (χ0n) is 19.9. The Labute approximate surface area is 182 Å². The van der Waals surface area contributed by atoms with Crippen LogP contribution in [0, 0.1) is 18.8 Å². The lowest BCUT2D eigenvalue weighted by atomic mass is 9.77. The van der Waals surface area contributed by atoms with Crippen LogP contribution in [0.1, 0.15) is 121 Å². The number of aryl methyl sites for hydroxylation is 2. The largest absolute Gasteiger partial charge is 0.385 e. The Kier molecular flexibility index (Phi) is 12.5. The van der Waals surface area contributed by atoms with E-state index in [-0.39, 0.29) is 0 Å². The Morgan fingerprint density at radius 3 is 2.07 bits per heavy atom. The van der Waals surface area contributed by atoms with E-state index in [1.54, 1.807) is 5.56 Å². The summed E-state index contributed by atoms with van der Waals surface area (Å²) in [6.07, 6.45) is 22.6. The molecule has 1 fully saturated rings. The maximum Gasteiger partial charge on any atom is 0.0343 e. The van der Waals surface area contributed by atoms with Gasteiger partial charge in [0.15, 0.2) is 0 Å². The minimum absolute atomic E-state index is 0.974. The number of hydrogen-bond acceptors (Lipinski definition) is 1. The molecule has 1 heteroatoms. The van der Waals surface area contributed by atoms with Gasteiger partial charge in [0.1, 0.15) is 0 Å². The minimum atomic E-state index is 0.974. The van der Waals surface area contributed by atoms with E-state index in [4.69, 9.17) is 0 Å². The van der Waals surface area contributed by atoms with Gasteiger partial charge in [0.05, 0.1) is 0 Å². The van der Waals surface area contributed by atoms with E-state index >= 15 is 0 Å². The average molecular weight is 400 g/mol. The highest BCUT2D eigenvalue weighted by molar-refractivity contribution is 5.48. The zero-order valence-corrected chi connectivity index (χ0v) is 19.9. The van der Waals surface area contributed by atoms with E-state index in [0.29, 0.717) is 0 Å². The van der Waals surface area contributed by atoms with Crippen LogP contribution in [-0.4, -0.2) is 6.54 Å². The van der Waals surface area contributed by atoms with Gasteiger partial charge in [0, 0.05) is 12.2 Å². The van der Waals surface area contributed by atoms with E-state index in [2.05, 4.69) is 44.3 Å². The van der Waals surface area contributed by atoms with Crippen molar-refractivity contribution in [1.82, 2.24) is 0 Å². The molecule has 0 heterocycles. The molecule has 0 aliphatic heterocycles. The zero-order chi connectivity index (χ0) is 20.7. The summed E-state index contributed by atoms with van der Waals surface area (Å²) in [7, 11) is 0. The van der Waals surface area contributed by atoms with Crippen LogP contribution >= 0.6 is 0 Å². The summed E-state index contributed by atoms with van der Waals surface area (Å²) >= 11 is 0. The van der Waals surface area contributed by atoms with E-state index in [0.717, 1.165) is 18.4 Å². The first-order chi connectivity index (χ1) is 14.2. The lowest BCUT2D eigenvalue weighted by Crippen LogP contribution is -2.15. The minimum Gasteiger partial charge on any atom is -0.385 e.